The molecule has 7 heteroatoms. The van der Waals surface area contributed by atoms with Crippen molar-refractivity contribution >= 4 is 5.82 Å². The molecular formula is C10H12FN3O3. The summed E-state index contributed by atoms with van der Waals surface area (Å²) in [7, 11) is 1.54. The van der Waals surface area contributed by atoms with Crippen LogP contribution in [0.25, 0.3) is 0 Å². The van der Waals surface area contributed by atoms with Gasteiger partial charge in [0.2, 0.25) is 0 Å². The van der Waals surface area contributed by atoms with E-state index in [0.29, 0.717) is 6.61 Å². The molecule has 0 saturated heterocycles. The lowest BCUT2D eigenvalue weighted by Gasteiger charge is -2.15. The molecule has 1 aliphatic rings. The second kappa shape index (κ2) is 4.64. The Bertz CT molecular complexity index is 500. The first-order chi connectivity index (χ1) is 8.11. The largest absolute Gasteiger partial charge is 0.382 e. The van der Waals surface area contributed by atoms with Gasteiger partial charge >= 0.3 is 5.69 Å². The molecule has 1 aromatic heterocycles. The number of halogens is 1. The minimum Gasteiger partial charge on any atom is -0.382 e. The Morgan fingerprint density at radius 3 is 3.12 bits per heavy atom. The summed E-state index contributed by atoms with van der Waals surface area (Å²) in [5.41, 5.74) is 4.53. The molecule has 2 N–H and O–H groups in total. The number of rotatable bonds is 3. The van der Waals surface area contributed by atoms with E-state index in [1.807, 2.05) is 0 Å². The van der Waals surface area contributed by atoms with Crippen molar-refractivity contribution in [3.8, 4) is 0 Å². The molecule has 0 aliphatic carbocycles. The van der Waals surface area contributed by atoms with Crippen molar-refractivity contribution in [2.24, 2.45) is 0 Å². The molecule has 2 heterocycles. The van der Waals surface area contributed by atoms with Gasteiger partial charge in [-0.05, 0) is 6.08 Å². The number of aromatic nitrogens is 2. The average molecular weight is 241 g/mol. The van der Waals surface area contributed by atoms with Gasteiger partial charge in [0.25, 0.3) is 0 Å². The van der Waals surface area contributed by atoms with Crippen LogP contribution in [-0.4, -0.2) is 29.4 Å². The molecule has 2 atom stereocenters. The van der Waals surface area contributed by atoms with Crippen molar-refractivity contribution in [1.82, 2.24) is 9.55 Å². The number of nitrogens with zero attached hydrogens (tertiary/aromatic N) is 2. The Morgan fingerprint density at radius 2 is 2.41 bits per heavy atom. The van der Waals surface area contributed by atoms with Crippen molar-refractivity contribution in [2.75, 3.05) is 19.5 Å². The first-order valence-corrected chi connectivity index (χ1v) is 4.98. The number of nitrogens with two attached hydrogens (primary N) is 1. The Labute approximate surface area is 96.5 Å². The summed E-state index contributed by atoms with van der Waals surface area (Å²) < 4.78 is 24.6. The van der Waals surface area contributed by atoms with Crippen LogP contribution in [0.4, 0.5) is 10.2 Å². The zero-order valence-corrected chi connectivity index (χ0v) is 9.17. The number of nitrogen functional groups attached to an aromatic ring is 1. The van der Waals surface area contributed by atoms with Gasteiger partial charge in [0.05, 0.1) is 12.8 Å². The SMILES string of the molecule is COC[C@H]1C=C[C@@H](n2cc(F)c(N)nc2=O)O1. The Morgan fingerprint density at radius 1 is 1.65 bits per heavy atom. The van der Waals surface area contributed by atoms with Gasteiger partial charge in [-0.15, -0.1) is 0 Å². The van der Waals surface area contributed by atoms with E-state index in [1.165, 1.54) is 0 Å². The van der Waals surface area contributed by atoms with Crippen molar-refractivity contribution in [2.45, 2.75) is 12.3 Å². The highest BCUT2D eigenvalue weighted by Gasteiger charge is 2.22. The maximum atomic E-state index is 13.2. The molecule has 0 aromatic carbocycles. The molecule has 2 rings (SSSR count). The van der Waals surface area contributed by atoms with E-state index in [2.05, 4.69) is 4.98 Å². The lowest BCUT2D eigenvalue weighted by atomic mass is 10.4. The van der Waals surface area contributed by atoms with Crippen LogP contribution in [0.1, 0.15) is 6.23 Å². The van der Waals surface area contributed by atoms with Crippen LogP contribution >= 0.6 is 0 Å². The standard InChI is InChI=1S/C10H12FN3O3/c1-16-5-6-2-3-8(17-6)14-4-7(11)9(12)13-10(14)15/h2-4,6,8H,5H2,1H3,(H2,12,13,15)/t6-,8+/m1/s1. The number of methoxy groups -OCH3 is 1. The molecular weight excluding hydrogens is 229 g/mol. The molecule has 0 unspecified atom stereocenters. The van der Waals surface area contributed by atoms with E-state index < -0.39 is 23.6 Å². The summed E-state index contributed by atoms with van der Waals surface area (Å²) in [6, 6.07) is 0. The Balaban J connectivity index is 2.23. The highest BCUT2D eigenvalue weighted by Crippen LogP contribution is 2.20. The number of anilines is 1. The molecule has 1 aromatic rings. The van der Waals surface area contributed by atoms with Gasteiger partial charge in [-0.1, -0.05) is 6.08 Å². The van der Waals surface area contributed by atoms with Gasteiger partial charge < -0.3 is 15.2 Å². The summed E-state index contributed by atoms with van der Waals surface area (Å²) in [5, 5.41) is 0. The smallest absolute Gasteiger partial charge is 0.352 e. The predicted molar refractivity (Wildman–Crippen MR) is 57.8 cm³/mol. The number of hydrogen-bond donors (Lipinski definition) is 1. The summed E-state index contributed by atoms with van der Waals surface area (Å²) in [6.45, 7) is 0.368. The first-order valence-electron chi connectivity index (χ1n) is 4.98. The number of ether oxygens (including phenoxy) is 2. The molecule has 0 radical (unpaired) electrons. The highest BCUT2D eigenvalue weighted by molar-refractivity contribution is 5.26. The van der Waals surface area contributed by atoms with Crippen LogP contribution in [0.15, 0.2) is 23.1 Å². The van der Waals surface area contributed by atoms with Gasteiger partial charge in [-0.25, -0.2) is 9.18 Å². The summed E-state index contributed by atoms with van der Waals surface area (Å²) in [6.07, 6.45) is 3.44. The Kier molecular flexibility index (Phi) is 3.21. The third-order valence-electron chi connectivity index (χ3n) is 2.34. The maximum absolute atomic E-state index is 13.2. The summed E-state index contributed by atoms with van der Waals surface area (Å²) in [5.74, 6) is -1.17. The molecule has 0 fully saturated rings. The highest BCUT2D eigenvalue weighted by atomic mass is 19.1. The van der Waals surface area contributed by atoms with Crippen LogP contribution in [-0.2, 0) is 9.47 Å². The third-order valence-corrected chi connectivity index (χ3v) is 2.34. The second-order valence-electron chi connectivity index (χ2n) is 3.57. The normalized spacial score (nSPS) is 23.2. The van der Waals surface area contributed by atoms with Gasteiger partial charge in [0.1, 0.15) is 6.10 Å². The first kappa shape index (κ1) is 11.7. The average Bonchev–Trinajstić information content (AvgIpc) is 2.72. The monoisotopic (exact) mass is 241 g/mol. The van der Waals surface area contributed by atoms with Crippen LogP contribution in [0.2, 0.25) is 0 Å². The second-order valence-corrected chi connectivity index (χ2v) is 3.57. The van der Waals surface area contributed by atoms with E-state index in [4.69, 9.17) is 15.2 Å². The topological polar surface area (TPSA) is 79.4 Å². The fourth-order valence-corrected chi connectivity index (χ4v) is 1.55. The van der Waals surface area contributed by atoms with E-state index >= 15 is 0 Å². The fourth-order valence-electron chi connectivity index (χ4n) is 1.55. The Hall–Kier alpha value is -1.73. The third kappa shape index (κ3) is 2.34. The molecule has 92 valence electrons. The molecule has 6 nitrogen and oxygen atoms in total. The zero-order valence-electron chi connectivity index (χ0n) is 9.17. The quantitative estimate of drug-likeness (QED) is 0.757. The molecule has 0 bridgehead atoms. The van der Waals surface area contributed by atoms with Gasteiger partial charge in [0, 0.05) is 7.11 Å². The lowest BCUT2D eigenvalue weighted by molar-refractivity contribution is -0.0205. The minimum atomic E-state index is -0.753. The lowest BCUT2D eigenvalue weighted by Crippen LogP contribution is -2.29. The fraction of sp³-hybridized carbons (Fsp3) is 0.400. The summed E-state index contributed by atoms with van der Waals surface area (Å²) in [4.78, 5) is 14.9. The van der Waals surface area contributed by atoms with Crippen LogP contribution in [0.3, 0.4) is 0 Å². The molecule has 0 spiro atoms. The minimum absolute atomic E-state index is 0.252. The van der Waals surface area contributed by atoms with Crippen LogP contribution < -0.4 is 11.4 Å². The molecule has 0 saturated carbocycles. The maximum Gasteiger partial charge on any atom is 0.352 e. The summed E-state index contributed by atoms with van der Waals surface area (Å²) >= 11 is 0. The predicted octanol–water partition coefficient (Wildman–Crippen LogP) is 0.0646. The van der Waals surface area contributed by atoms with Gasteiger partial charge in [0.15, 0.2) is 17.9 Å². The number of hydrogen-bond acceptors (Lipinski definition) is 5. The van der Waals surface area contributed by atoms with E-state index in [-0.39, 0.29) is 6.10 Å². The molecule has 1 aliphatic heterocycles. The van der Waals surface area contributed by atoms with Gasteiger partial charge in [-0.3, -0.25) is 4.57 Å². The van der Waals surface area contributed by atoms with Crippen molar-refractivity contribution in [3.05, 3.63) is 34.7 Å². The van der Waals surface area contributed by atoms with E-state index in [1.54, 1.807) is 19.3 Å². The molecule has 17 heavy (non-hydrogen) atoms. The van der Waals surface area contributed by atoms with Crippen molar-refractivity contribution < 1.29 is 13.9 Å². The van der Waals surface area contributed by atoms with Gasteiger partial charge in [-0.2, -0.15) is 4.98 Å². The van der Waals surface area contributed by atoms with E-state index in [0.717, 1.165) is 10.8 Å². The zero-order chi connectivity index (χ0) is 12.4. The van der Waals surface area contributed by atoms with Crippen LogP contribution in [0.5, 0.6) is 0 Å². The van der Waals surface area contributed by atoms with Crippen molar-refractivity contribution in [3.63, 3.8) is 0 Å². The van der Waals surface area contributed by atoms with Crippen LogP contribution in [0, 0.1) is 5.82 Å². The van der Waals surface area contributed by atoms with E-state index in [9.17, 15) is 9.18 Å². The molecule has 0 amide bonds. The van der Waals surface area contributed by atoms with Crippen molar-refractivity contribution in [1.29, 1.82) is 0 Å².